The second-order valence-electron chi connectivity index (χ2n) is 8.57. The number of fused-ring (bicyclic) bond motifs is 2. The summed E-state index contributed by atoms with van der Waals surface area (Å²) in [5.41, 5.74) is 2.05. The maximum Gasteiger partial charge on any atom is 0.120 e. The van der Waals surface area contributed by atoms with Crippen LogP contribution < -0.4 is 0 Å². The molecule has 1 N–H and O–H groups in total. The molecule has 0 amide bonds. The van der Waals surface area contributed by atoms with E-state index in [4.69, 9.17) is 23.2 Å². The quantitative estimate of drug-likeness (QED) is 0.406. The Morgan fingerprint density at radius 3 is 2.19 bits per heavy atom. The monoisotopic (exact) mass is 516 g/mol. The van der Waals surface area contributed by atoms with Crippen molar-refractivity contribution in [2.24, 2.45) is 0 Å². The van der Waals surface area contributed by atoms with Gasteiger partial charge in [0.15, 0.2) is 0 Å². The van der Waals surface area contributed by atoms with Gasteiger partial charge in [-0.05, 0) is 77.0 Å². The molecule has 160 valence electrons. The van der Waals surface area contributed by atoms with Crippen molar-refractivity contribution in [3.05, 3.63) is 98.2 Å². The maximum absolute atomic E-state index is 11.9. The molecule has 2 aromatic carbocycles. The molecule has 3 unspecified atom stereocenters. The third kappa shape index (κ3) is 3.94. The van der Waals surface area contributed by atoms with Crippen molar-refractivity contribution in [2.75, 3.05) is 0 Å². The van der Waals surface area contributed by atoms with Gasteiger partial charge in [0.1, 0.15) is 5.72 Å². The van der Waals surface area contributed by atoms with Crippen LogP contribution in [0.25, 0.3) is 0 Å². The van der Waals surface area contributed by atoms with Crippen LogP contribution in [0.5, 0.6) is 0 Å². The number of pyridine rings is 1. The van der Waals surface area contributed by atoms with Crippen molar-refractivity contribution in [2.45, 2.75) is 49.4 Å². The molecule has 2 aliphatic rings. The molecule has 2 bridgehead atoms. The van der Waals surface area contributed by atoms with Gasteiger partial charge in [0.05, 0.1) is 6.04 Å². The number of aromatic nitrogens is 1. The van der Waals surface area contributed by atoms with Gasteiger partial charge >= 0.3 is 0 Å². The summed E-state index contributed by atoms with van der Waals surface area (Å²) < 4.78 is 0.966. The zero-order chi connectivity index (χ0) is 21.6. The minimum atomic E-state index is -0.939. The highest BCUT2D eigenvalue weighted by atomic mass is 79.9. The first-order chi connectivity index (χ1) is 15.0. The van der Waals surface area contributed by atoms with Gasteiger partial charge in [-0.25, -0.2) is 0 Å². The molecule has 3 heterocycles. The molecule has 2 fully saturated rings. The Bertz CT molecular complexity index is 1050. The van der Waals surface area contributed by atoms with Crippen LogP contribution in [-0.2, 0) is 0 Å². The van der Waals surface area contributed by atoms with Crippen LogP contribution in [0.1, 0.15) is 54.5 Å². The number of piperidine rings is 1. The first-order valence-corrected chi connectivity index (χ1v) is 12.1. The normalized spacial score (nSPS) is 25.8. The Hall–Kier alpha value is -1.43. The van der Waals surface area contributed by atoms with Crippen LogP contribution in [0, 0.1) is 0 Å². The van der Waals surface area contributed by atoms with E-state index in [-0.39, 0.29) is 18.0 Å². The highest BCUT2D eigenvalue weighted by Gasteiger charge is 2.54. The Morgan fingerprint density at radius 1 is 1.00 bits per heavy atom. The van der Waals surface area contributed by atoms with E-state index >= 15 is 0 Å². The Labute approximate surface area is 201 Å². The molecule has 0 radical (unpaired) electrons. The summed E-state index contributed by atoms with van der Waals surface area (Å²) in [5.74, 6) is 0.222. The molecule has 3 nitrogen and oxygen atoms in total. The SMILES string of the molecule is OC12CCC(CC(c3ccc(Br)cn3)C1)N2C(c1ccccc1Cl)c1ccccc1Cl. The first kappa shape index (κ1) is 21.4. The highest BCUT2D eigenvalue weighted by Crippen LogP contribution is 2.54. The minimum absolute atomic E-state index is 0.210. The summed E-state index contributed by atoms with van der Waals surface area (Å²) in [6.45, 7) is 0. The first-order valence-electron chi connectivity index (χ1n) is 10.6. The molecule has 5 rings (SSSR count). The van der Waals surface area contributed by atoms with Crippen molar-refractivity contribution in [1.82, 2.24) is 9.88 Å². The van der Waals surface area contributed by atoms with E-state index in [2.05, 4.69) is 31.9 Å². The smallest absolute Gasteiger partial charge is 0.120 e. The summed E-state index contributed by atoms with van der Waals surface area (Å²) in [6.07, 6.45) is 5.10. The lowest BCUT2D eigenvalue weighted by Crippen LogP contribution is -2.54. The molecule has 0 spiro atoms. The summed E-state index contributed by atoms with van der Waals surface area (Å²) in [6, 6.07) is 19.9. The second kappa shape index (κ2) is 8.49. The van der Waals surface area contributed by atoms with Crippen molar-refractivity contribution in [3.8, 4) is 0 Å². The van der Waals surface area contributed by atoms with Crippen LogP contribution >= 0.6 is 39.1 Å². The zero-order valence-electron chi connectivity index (χ0n) is 16.9. The van der Waals surface area contributed by atoms with E-state index in [9.17, 15) is 5.11 Å². The number of rotatable bonds is 4. The third-order valence-electron chi connectivity index (χ3n) is 6.73. The van der Waals surface area contributed by atoms with Gasteiger partial charge in [-0.15, -0.1) is 0 Å². The van der Waals surface area contributed by atoms with Gasteiger partial charge in [-0.3, -0.25) is 9.88 Å². The fourth-order valence-electron chi connectivity index (χ4n) is 5.42. The standard InChI is InChI=1S/C25H23BrCl2N2O/c26-17-9-10-23(29-15-17)16-13-18-11-12-25(31,14-16)30(18)24(19-5-1-3-7-21(19)27)20-6-2-4-8-22(20)28/h1-10,15-16,18,24,31H,11-14H2. The van der Waals surface area contributed by atoms with Crippen molar-refractivity contribution in [3.63, 3.8) is 0 Å². The van der Waals surface area contributed by atoms with Gasteiger partial charge in [0, 0.05) is 38.4 Å². The zero-order valence-corrected chi connectivity index (χ0v) is 20.0. The number of hydrogen-bond acceptors (Lipinski definition) is 3. The Kier molecular flexibility index (Phi) is 5.87. The molecule has 0 aliphatic carbocycles. The van der Waals surface area contributed by atoms with E-state index in [1.165, 1.54) is 0 Å². The predicted molar refractivity (Wildman–Crippen MR) is 128 cm³/mol. The average molecular weight is 518 g/mol. The van der Waals surface area contributed by atoms with Crippen LogP contribution in [0.2, 0.25) is 10.0 Å². The van der Waals surface area contributed by atoms with E-state index in [1.54, 1.807) is 0 Å². The fraction of sp³-hybridized carbons (Fsp3) is 0.320. The maximum atomic E-state index is 11.9. The van der Waals surface area contributed by atoms with Crippen molar-refractivity contribution in [1.29, 1.82) is 0 Å². The average Bonchev–Trinajstić information content (AvgIpc) is 2.96. The van der Waals surface area contributed by atoms with Gasteiger partial charge in [-0.2, -0.15) is 0 Å². The summed E-state index contributed by atoms with van der Waals surface area (Å²) in [5, 5.41) is 13.3. The number of nitrogens with zero attached hydrogens (tertiary/aromatic N) is 2. The predicted octanol–water partition coefficient (Wildman–Crippen LogP) is 6.97. The van der Waals surface area contributed by atoms with Crippen LogP contribution in [0.3, 0.4) is 0 Å². The molecule has 2 aliphatic heterocycles. The van der Waals surface area contributed by atoms with Gasteiger partial charge in [0.2, 0.25) is 0 Å². The lowest BCUT2D eigenvalue weighted by atomic mass is 9.83. The Morgan fingerprint density at radius 2 is 1.65 bits per heavy atom. The minimum Gasteiger partial charge on any atom is -0.376 e. The molecule has 1 aromatic heterocycles. The van der Waals surface area contributed by atoms with Crippen LogP contribution in [0.4, 0.5) is 0 Å². The van der Waals surface area contributed by atoms with E-state index in [1.807, 2.05) is 60.8 Å². The molecular weight excluding hydrogens is 495 g/mol. The van der Waals surface area contributed by atoms with Gasteiger partial charge in [0.25, 0.3) is 0 Å². The third-order valence-corrected chi connectivity index (χ3v) is 7.89. The lowest BCUT2D eigenvalue weighted by molar-refractivity contribution is -0.139. The van der Waals surface area contributed by atoms with Crippen molar-refractivity contribution < 1.29 is 5.11 Å². The number of benzene rings is 2. The molecule has 6 heteroatoms. The van der Waals surface area contributed by atoms with Gasteiger partial charge < -0.3 is 5.11 Å². The largest absolute Gasteiger partial charge is 0.376 e. The lowest BCUT2D eigenvalue weighted by Gasteiger charge is -2.48. The summed E-state index contributed by atoms with van der Waals surface area (Å²) >= 11 is 16.8. The van der Waals surface area contributed by atoms with E-state index in [0.29, 0.717) is 16.5 Å². The topological polar surface area (TPSA) is 36.4 Å². The second-order valence-corrected chi connectivity index (χ2v) is 10.3. The van der Waals surface area contributed by atoms with E-state index in [0.717, 1.165) is 40.6 Å². The summed E-state index contributed by atoms with van der Waals surface area (Å²) in [7, 11) is 0. The highest BCUT2D eigenvalue weighted by molar-refractivity contribution is 9.10. The number of aliphatic hydroxyl groups is 1. The number of hydrogen-bond donors (Lipinski definition) is 1. The van der Waals surface area contributed by atoms with E-state index < -0.39 is 5.72 Å². The molecule has 31 heavy (non-hydrogen) atoms. The molecule has 2 saturated heterocycles. The van der Waals surface area contributed by atoms with Crippen molar-refractivity contribution >= 4 is 39.1 Å². The molecule has 3 aromatic rings. The molecule has 0 saturated carbocycles. The molecule has 3 atom stereocenters. The van der Waals surface area contributed by atoms with Crippen LogP contribution in [0.15, 0.2) is 71.3 Å². The van der Waals surface area contributed by atoms with Gasteiger partial charge in [-0.1, -0.05) is 59.6 Å². The van der Waals surface area contributed by atoms with Crippen LogP contribution in [-0.4, -0.2) is 26.8 Å². The molecular formula is C25H23BrCl2N2O. The fourth-order valence-corrected chi connectivity index (χ4v) is 6.13. The summed E-state index contributed by atoms with van der Waals surface area (Å²) in [4.78, 5) is 6.89. The Balaban J connectivity index is 1.57. The number of halogens is 3.